The molecule has 0 aliphatic carbocycles. The number of nitrogens with two attached hydrogens (primary N) is 1. The average Bonchev–Trinajstić information content (AvgIpc) is 2.92. The Labute approximate surface area is 110 Å². The van der Waals surface area contributed by atoms with Crippen molar-refractivity contribution in [2.45, 2.75) is 6.42 Å². The molecule has 19 heavy (non-hydrogen) atoms. The third-order valence-corrected chi connectivity index (χ3v) is 2.56. The molecule has 6 nitrogen and oxygen atoms in total. The van der Waals surface area contributed by atoms with E-state index in [9.17, 15) is 4.79 Å². The molecule has 2 rings (SSSR count). The molecular formula is C13H15N3O3. The number of anilines is 2. The van der Waals surface area contributed by atoms with Crippen molar-refractivity contribution in [1.82, 2.24) is 4.98 Å². The number of methoxy groups -OCH3 is 1. The predicted octanol–water partition coefficient (Wildman–Crippen LogP) is 1.70. The monoisotopic (exact) mass is 261 g/mol. The van der Waals surface area contributed by atoms with E-state index in [1.807, 2.05) is 12.1 Å². The molecule has 0 amide bonds. The van der Waals surface area contributed by atoms with Gasteiger partial charge in [0.15, 0.2) is 0 Å². The maximum atomic E-state index is 11.6. The van der Waals surface area contributed by atoms with Crippen LogP contribution in [-0.2, 0) is 11.2 Å². The van der Waals surface area contributed by atoms with Crippen molar-refractivity contribution in [2.24, 2.45) is 0 Å². The van der Waals surface area contributed by atoms with Gasteiger partial charge in [-0.15, -0.1) is 0 Å². The van der Waals surface area contributed by atoms with Crippen molar-refractivity contribution in [3.8, 4) is 0 Å². The minimum atomic E-state index is -0.472. The van der Waals surface area contributed by atoms with Crippen molar-refractivity contribution in [3.05, 3.63) is 42.0 Å². The summed E-state index contributed by atoms with van der Waals surface area (Å²) in [6.07, 6.45) is 3.80. The van der Waals surface area contributed by atoms with E-state index in [0.717, 1.165) is 5.76 Å². The van der Waals surface area contributed by atoms with Gasteiger partial charge >= 0.3 is 5.97 Å². The quantitative estimate of drug-likeness (QED) is 0.796. The number of esters is 1. The molecule has 0 spiro atoms. The van der Waals surface area contributed by atoms with E-state index in [1.165, 1.54) is 19.4 Å². The Balaban J connectivity index is 2.04. The van der Waals surface area contributed by atoms with Gasteiger partial charge in [0.1, 0.15) is 17.1 Å². The molecular weight excluding hydrogens is 246 g/mol. The van der Waals surface area contributed by atoms with Gasteiger partial charge in [-0.2, -0.15) is 0 Å². The molecule has 0 radical (unpaired) electrons. The van der Waals surface area contributed by atoms with Crippen LogP contribution < -0.4 is 11.1 Å². The van der Waals surface area contributed by atoms with Crippen molar-refractivity contribution in [1.29, 1.82) is 0 Å². The normalized spacial score (nSPS) is 10.2. The lowest BCUT2D eigenvalue weighted by molar-refractivity contribution is 0.0601. The Bertz CT molecular complexity index is 552. The number of furan rings is 1. The van der Waals surface area contributed by atoms with Gasteiger partial charge in [0.2, 0.25) is 0 Å². The zero-order chi connectivity index (χ0) is 13.7. The van der Waals surface area contributed by atoms with Crippen molar-refractivity contribution in [2.75, 3.05) is 24.7 Å². The zero-order valence-electron chi connectivity index (χ0n) is 10.6. The minimum absolute atomic E-state index is 0.321. The summed E-state index contributed by atoms with van der Waals surface area (Å²) < 4.78 is 9.91. The summed E-state index contributed by atoms with van der Waals surface area (Å²) in [7, 11) is 1.32. The Morgan fingerprint density at radius 1 is 1.58 bits per heavy atom. The van der Waals surface area contributed by atoms with Crippen molar-refractivity contribution >= 4 is 17.5 Å². The van der Waals surface area contributed by atoms with E-state index >= 15 is 0 Å². The highest BCUT2D eigenvalue weighted by atomic mass is 16.5. The van der Waals surface area contributed by atoms with Gasteiger partial charge < -0.3 is 20.2 Å². The first-order valence-corrected chi connectivity index (χ1v) is 5.81. The van der Waals surface area contributed by atoms with Crippen molar-refractivity contribution in [3.63, 3.8) is 0 Å². The topological polar surface area (TPSA) is 90.4 Å². The Kier molecular flexibility index (Phi) is 4.02. The molecule has 0 saturated carbocycles. The highest BCUT2D eigenvalue weighted by Crippen LogP contribution is 2.16. The molecule has 0 saturated heterocycles. The smallest absolute Gasteiger partial charge is 0.341 e. The van der Waals surface area contributed by atoms with E-state index in [-0.39, 0.29) is 0 Å². The number of aromatic nitrogens is 1. The number of rotatable bonds is 5. The molecule has 0 aromatic carbocycles. The first-order chi connectivity index (χ1) is 9.20. The van der Waals surface area contributed by atoms with Crippen LogP contribution in [0.3, 0.4) is 0 Å². The lowest BCUT2D eigenvalue weighted by Crippen LogP contribution is -2.12. The highest BCUT2D eigenvalue weighted by Gasteiger charge is 2.13. The number of nitrogen functional groups attached to an aromatic ring is 1. The van der Waals surface area contributed by atoms with E-state index < -0.39 is 5.97 Å². The number of hydrogen-bond acceptors (Lipinski definition) is 6. The second-order valence-electron chi connectivity index (χ2n) is 3.91. The second-order valence-corrected chi connectivity index (χ2v) is 3.91. The van der Waals surface area contributed by atoms with Gasteiger partial charge in [-0.25, -0.2) is 9.78 Å². The molecule has 0 bridgehead atoms. The molecule has 6 heteroatoms. The summed E-state index contributed by atoms with van der Waals surface area (Å²) >= 11 is 0. The zero-order valence-corrected chi connectivity index (χ0v) is 10.6. The van der Waals surface area contributed by atoms with Crippen LogP contribution >= 0.6 is 0 Å². The van der Waals surface area contributed by atoms with Crippen LogP contribution in [0.25, 0.3) is 0 Å². The van der Waals surface area contributed by atoms with E-state index in [4.69, 9.17) is 14.9 Å². The average molecular weight is 261 g/mol. The largest absolute Gasteiger partial charge is 0.469 e. The Morgan fingerprint density at radius 3 is 3.11 bits per heavy atom. The maximum Gasteiger partial charge on any atom is 0.341 e. The molecule has 0 aliphatic heterocycles. The number of hydrogen-bond donors (Lipinski definition) is 2. The van der Waals surface area contributed by atoms with Gasteiger partial charge in [-0.1, -0.05) is 0 Å². The van der Waals surface area contributed by atoms with E-state index in [2.05, 4.69) is 10.3 Å². The van der Waals surface area contributed by atoms with Crippen LogP contribution in [0.2, 0.25) is 0 Å². The summed E-state index contributed by atoms with van der Waals surface area (Å²) in [5.74, 6) is 0.843. The summed E-state index contributed by atoms with van der Waals surface area (Å²) in [5, 5.41) is 3.07. The van der Waals surface area contributed by atoms with Crippen LogP contribution in [0, 0.1) is 0 Å². The number of nitrogens with one attached hydrogen (secondary N) is 1. The molecule has 2 heterocycles. The number of ether oxygens (including phenoxy) is 1. The van der Waals surface area contributed by atoms with Crippen LogP contribution in [-0.4, -0.2) is 24.6 Å². The first-order valence-electron chi connectivity index (χ1n) is 5.81. The number of carbonyl (C=O) groups is 1. The lowest BCUT2D eigenvalue weighted by Gasteiger charge is -2.09. The SMILES string of the molecule is COC(=O)c1cc(N)cnc1NCCc1ccco1. The molecule has 100 valence electrons. The van der Waals surface area contributed by atoms with Gasteiger partial charge in [0.25, 0.3) is 0 Å². The second kappa shape index (κ2) is 5.90. The van der Waals surface area contributed by atoms with Gasteiger partial charge in [-0.05, 0) is 18.2 Å². The molecule has 0 fully saturated rings. The summed E-state index contributed by atoms with van der Waals surface area (Å²) in [6, 6.07) is 5.25. The maximum absolute atomic E-state index is 11.6. The van der Waals surface area contributed by atoms with E-state index in [1.54, 1.807) is 6.26 Å². The van der Waals surface area contributed by atoms with Crippen molar-refractivity contribution < 1.29 is 13.9 Å². The molecule has 2 aromatic rings. The standard InChI is InChI=1S/C13H15N3O3/c1-18-13(17)11-7-9(14)8-16-12(11)15-5-4-10-3-2-6-19-10/h2-3,6-8H,4-5,14H2,1H3,(H,15,16). The van der Waals surface area contributed by atoms with Crippen LogP contribution in [0.1, 0.15) is 16.1 Å². The number of nitrogens with zero attached hydrogens (tertiary/aromatic N) is 1. The number of pyridine rings is 1. The molecule has 0 aliphatic rings. The lowest BCUT2D eigenvalue weighted by atomic mass is 10.2. The van der Waals surface area contributed by atoms with Crippen LogP contribution in [0.5, 0.6) is 0 Å². The molecule has 0 unspecified atom stereocenters. The summed E-state index contributed by atoms with van der Waals surface area (Å²) in [4.78, 5) is 15.7. The molecule has 0 atom stereocenters. The summed E-state index contributed by atoms with van der Waals surface area (Å²) in [5.41, 5.74) is 6.35. The fourth-order valence-corrected chi connectivity index (χ4v) is 1.65. The Hall–Kier alpha value is -2.50. The molecule has 2 aromatic heterocycles. The predicted molar refractivity (Wildman–Crippen MR) is 70.9 cm³/mol. The van der Waals surface area contributed by atoms with Crippen LogP contribution in [0.4, 0.5) is 11.5 Å². The van der Waals surface area contributed by atoms with Gasteiger partial charge in [-0.3, -0.25) is 0 Å². The number of carbonyl (C=O) groups excluding carboxylic acids is 1. The fraction of sp³-hybridized carbons (Fsp3) is 0.231. The Morgan fingerprint density at radius 2 is 2.42 bits per heavy atom. The third kappa shape index (κ3) is 3.25. The minimum Gasteiger partial charge on any atom is -0.469 e. The first kappa shape index (κ1) is 12.9. The third-order valence-electron chi connectivity index (χ3n) is 2.56. The molecule has 3 N–H and O–H groups in total. The van der Waals surface area contributed by atoms with Gasteiger partial charge in [0.05, 0.1) is 25.3 Å². The van der Waals surface area contributed by atoms with Gasteiger partial charge in [0, 0.05) is 13.0 Å². The van der Waals surface area contributed by atoms with E-state index in [0.29, 0.717) is 30.0 Å². The summed E-state index contributed by atoms with van der Waals surface area (Å²) in [6.45, 7) is 0.592. The van der Waals surface area contributed by atoms with Crippen LogP contribution in [0.15, 0.2) is 35.1 Å². The highest BCUT2D eigenvalue weighted by molar-refractivity contribution is 5.95. The fourth-order valence-electron chi connectivity index (χ4n) is 1.65.